The van der Waals surface area contributed by atoms with Gasteiger partial charge < -0.3 is 0 Å². The van der Waals surface area contributed by atoms with Crippen molar-refractivity contribution < 1.29 is 0 Å². The molecule has 1 atom stereocenters. The van der Waals surface area contributed by atoms with Gasteiger partial charge in [-0.05, 0) is 31.6 Å². The van der Waals surface area contributed by atoms with Gasteiger partial charge in [0.05, 0.1) is 0 Å². The van der Waals surface area contributed by atoms with Crippen LogP contribution < -0.4 is 0 Å². The van der Waals surface area contributed by atoms with Gasteiger partial charge in [-0.2, -0.15) is 0 Å². The van der Waals surface area contributed by atoms with Gasteiger partial charge in [-0.15, -0.1) is 0 Å². The minimum absolute atomic E-state index is 0.653. The van der Waals surface area contributed by atoms with Gasteiger partial charge >= 0.3 is 0 Å². The van der Waals surface area contributed by atoms with Crippen molar-refractivity contribution in [2.24, 2.45) is 16.8 Å². The van der Waals surface area contributed by atoms with E-state index in [1.807, 2.05) is 0 Å². The monoisotopic (exact) mass is 181 g/mol. The smallest absolute Gasteiger partial charge is 0.0499 e. The Morgan fingerprint density at radius 2 is 1.69 bits per heavy atom. The highest BCUT2D eigenvalue weighted by atomic mass is 14.8. The van der Waals surface area contributed by atoms with Crippen LogP contribution in [0.5, 0.6) is 0 Å². The summed E-state index contributed by atoms with van der Waals surface area (Å²) in [4.78, 5) is 4.81. The fourth-order valence-corrected chi connectivity index (χ4v) is 1.92. The Bertz CT molecular complexity index is 176. The Hall–Kier alpha value is -0.330. The van der Waals surface area contributed by atoms with E-state index in [-0.39, 0.29) is 0 Å². The highest BCUT2D eigenvalue weighted by Crippen LogP contribution is 2.22. The number of hydrogen-bond donors (Lipinski definition) is 0. The Kier molecular flexibility index (Phi) is 3.95. The molecule has 0 amide bonds. The summed E-state index contributed by atoms with van der Waals surface area (Å²) in [7, 11) is 0. The molecule has 0 bridgehead atoms. The molecule has 76 valence electrons. The van der Waals surface area contributed by atoms with Crippen LogP contribution in [0.3, 0.4) is 0 Å². The summed E-state index contributed by atoms with van der Waals surface area (Å²) in [5, 5.41) is 0. The van der Waals surface area contributed by atoms with Gasteiger partial charge in [0, 0.05) is 11.8 Å². The van der Waals surface area contributed by atoms with Crippen LogP contribution in [0.25, 0.3) is 0 Å². The highest BCUT2D eigenvalue weighted by molar-refractivity contribution is 5.84. The molecule has 1 unspecified atom stereocenters. The maximum atomic E-state index is 4.81. The SMILES string of the molecule is CC(=NC1CCCC1)C(C)C(C)C. The first-order valence-corrected chi connectivity index (χ1v) is 5.65. The second kappa shape index (κ2) is 4.78. The third-order valence-electron chi connectivity index (χ3n) is 3.37. The normalized spacial score (nSPS) is 22.7. The maximum absolute atomic E-state index is 4.81. The summed E-state index contributed by atoms with van der Waals surface area (Å²) < 4.78 is 0. The molecule has 0 saturated heterocycles. The topological polar surface area (TPSA) is 12.4 Å². The lowest BCUT2D eigenvalue weighted by Crippen LogP contribution is -2.16. The molecule has 0 N–H and O–H groups in total. The van der Waals surface area contributed by atoms with E-state index in [1.54, 1.807) is 0 Å². The van der Waals surface area contributed by atoms with Gasteiger partial charge in [-0.25, -0.2) is 0 Å². The summed E-state index contributed by atoms with van der Waals surface area (Å²) in [6.45, 7) is 9.04. The van der Waals surface area contributed by atoms with Gasteiger partial charge in [0.1, 0.15) is 0 Å². The fraction of sp³-hybridized carbons (Fsp3) is 0.917. The molecule has 0 radical (unpaired) electrons. The molecule has 0 aliphatic heterocycles. The Balaban J connectivity index is 2.48. The van der Waals surface area contributed by atoms with Crippen molar-refractivity contribution in [3.05, 3.63) is 0 Å². The van der Waals surface area contributed by atoms with E-state index in [0.29, 0.717) is 12.0 Å². The quantitative estimate of drug-likeness (QED) is 0.589. The van der Waals surface area contributed by atoms with Crippen LogP contribution in [0.4, 0.5) is 0 Å². The minimum atomic E-state index is 0.653. The van der Waals surface area contributed by atoms with Crippen LogP contribution in [0, 0.1) is 11.8 Å². The predicted octanol–water partition coefficient (Wildman–Crippen LogP) is 3.68. The molecule has 1 fully saturated rings. The van der Waals surface area contributed by atoms with E-state index in [1.165, 1.54) is 31.4 Å². The molecule has 1 nitrogen and oxygen atoms in total. The standard InChI is InChI=1S/C12H23N/c1-9(2)10(3)11(4)13-12-7-5-6-8-12/h9-10,12H,5-8H2,1-4H3. The zero-order valence-corrected chi connectivity index (χ0v) is 9.51. The average Bonchev–Trinajstić information content (AvgIpc) is 2.55. The molecule has 0 aromatic rings. The van der Waals surface area contributed by atoms with Crippen molar-refractivity contribution in [2.75, 3.05) is 0 Å². The van der Waals surface area contributed by atoms with Gasteiger partial charge in [0.2, 0.25) is 0 Å². The lowest BCUT2D eigenvalue weighted by atomic mass is 9.93. The fourth-order valence-electron chi connectivity index (χ4n) is 1.92. The predicted molar refractivity (Wildman–Crippen MR) is 59.4 cm³/mol. The van der Waals surface area contributed by atoms with E-state index >= 15 is 0 Å². The van der Waals surface area contributed by atoms with E-state index in [9.17, 15) is 0 Å². The van der Waals surface area contributed by atoms with Crippen molar-refractivity contribution in [3.8, 4) is 0 Å². The van der Waals surface area contributed by atoms with Crippen molar-refractivity contribution in [2.45, 2.75) is 59.4 Å². The van der Waals surface area contributed by atoms with E-state index in [2.05, 4.69) is 27.7 Å². The lowest BCUT2D eigenvalue weighted by Gasteiger charge is -2.16. The second-order valence-electron chi connectivity index (χ2n) is 4.74. The third kappa shape index (κ3) is 3.13. The van der Waals surface area contributed by atoms with E-state index in [4.69, 9.17) is 4.99 Å². The molecule has 0 aromatic heterocycles. The highest BCUT2D eigenvalue weighted by Gasteiger charge is 2.16. The average molecular weight is 181 g/mol. The van der Waals surface area contributed by atoms with E-state index < -0.39 is 0 Å². The zero-order valence-electron chi connectivity index (χ0n) is 9.51. The van der Waals surface area contributed by atoms with Crippen LogP contribution in [-0.4, -0.2) is 11.8 Å². The molecule has 0 spiro atoms. The molecule has 1 aliphatic rings. The summed E-state index contributed by atoms with van der Waals surface area (Å²) in [5.74, 6) is 1.38. The van der Waals surface area contributed by atoms with Gasteiger partial charge in [0.25, 0.3) is 0 Å². The van der Waals surface area contributed by atoms with Crippen molar-refractivity contribution >= 4 is 5.71 Å². The number of aliphatic imine (C=N–C) groups is 1. The van der Waals surface area contributed by atoms with Crippen LogP contribution in [0.1, 0.15) is 53.4 Å². The van der Waals surface area contributed by atoms with Crippen molar-refractivity contribution in [1.29, 1.82) is 0 Å². The number of hydrogen-bond acceptors (Lipinski definition) is 1. The van der Waals surface area contributed by atoms with Crippen molar-refractivity contribution in [1.82, 2.24) is 0 Å². The summed E-state index contributed by atoms with van der Waals surface area (Å²) in [5.41, 5.74) is 1.36. The van der Waals surface area contributed by atoms with E-state index in [0.717, 1.165) is 5.92 Å². The molecule has 1 saturated carbocycles. The molecule has 1 rings (SSSR count). The number of rotatable bonds is 3. The molecule has 1 aliphatic carbocycles. The summed E-state index contributed by atoms with van der Waals surface area (Å²) >= 11 is 0. The first kappa shape index (κ1) is 10.7. The second-order valence-corrected chi connectivity index (χ2v) is 4.74. The Labute approximate surface area is 82.6 Å². The molecule has 0 heterocycles. The molecule has 13 heavy (non-hydrogen) atoms. The lowest BCUT2D eigenvalue weighted by molar-refractivity contribution is 0.525. The first-order chi connectivity index (χ1) is 6.11. The van der Waals surface area contributed by atoms with Gasteiger partial charge in [-0.1, -0.05) is 33.6 Å². The molecule has 1 heteroatoms. The number of nitrogens with zero attached hydrogens (tertiary/aromatic N) is 1. The van der Waals surface area contributed by atoms with Crippen LogP contribution in [-0.2, 0) is 0 Å². The van der Waals surface area contributed by atoms with Crippen LogP contribution >= 0.6 is 0 Å². The third-order valence-corrected chi connectivity index (χ3v) is 3.37. The Morgan fingerprint density at radius 1 is 1.15 bits per heavy atom. The Morgan fingerprint density at radius 3 is 2.15 bits per heavy atom. The summed E-state index contributed by atoms with van der Waals surface area (Å²) in [6.07, 6.45) is 5.42. The maximum Gasteiger partial charge on any atom is 0.0499 e. The first-order valence-electron chi connectivity index (χ1n) is 5.65. The summed E-state index contributed by atoms with van der Waals surface area (Å²) in [6, 6.07) is 0.654. The van der Waals surface area contributed by atoms with Crippen molar-refractivity contribution in [3.63, 3.8) is 0 Å². The van der Waals surface area contributed by atoms with Crippen LogP contribution in [0.15, 0.2) is 4.99 Å². The van der Waals surface area contributed by atoms with Gasteiger partial charge in [0.15, 0.2) is 0 Å². The molecular weight excluding hydrogens is 158 g/mol. The minimum Gasteiger partial charge on any atom is -0.291 e. The zero-order chi connectivity index (χ0) is 9.84. The van der Waals surface area contributed by atoms with Gasteiger partial charge in [-0.3, -0.25) is 4.99 Å². The van der Waals surface area contributed by atoms with Crippen LogP contribution in [0.2, 0.25) is 0 Å². The molecular formula is C12H23N. The largest absolute Gasteiger partial charge is 0.291 e. The molecule has 0 aromatic carbocycles.